The van der Waals surface area contributed by atoms with E-state index in [0.29, 0.717) is 5.52 Å². The molecule has 0 aromatic carbocycles. The second kappa shape index (κ2) is 2.74. The zero-order valence-electron chi connectivity index (χ0n) is 6.44. The predicted molar refractivity (Wildman–Crippen MR) is 47.2 cm³/mol. The standard InChI is InChI=1S/C8H5ClN2O2/c9-8-10-4-6-5(7(12)13)2-1-3-11(6)8/h1-4H,(H,12,13). The lowest BCUT2D eigenvalue weighted by molar-refractivity contribution is 0.0698. The number of aromatic nitrogens is 2. The van der Waals surface area contributed by atoms with Gasteiger partial charge in [0.05, 0.1) is 17.3 Å². The number of rotatable bonds is 1. The summed E-state index contributed by atoms with van der Waals surface area (Å²) in [5.74, 6) is -0.984. The fourth-order valence-electron chi connectivity index (χ4n) is 1.17. The van der Waals surface area contributed by atoms with Crippen LogP contribution in [0, 0.1) is 0 Å². The Morgan fingerprint density at radius 2 is 2.38 bits per heavy atom. The largest absolute Gasteiger partial charge is 0.478 e. The third-order valence-electron chi connectivity index (χ3n) is 1.76. The number of carboxylic acid groups (broad SMARTS) is 1. The summed E-state index contributed by atoms with van der Waals surface area (Å²) in [6.07, 6.45) is 3.10. The predicted octanol–water partition coefficient (Wildman–Crippen LogP) is 1.69. The first-order chi connectivity index (χ1) is 6.20. The van der Waals surface area contributed by atoms with Crippen LogP contribution in [0.5, 0.6) is 0 Å². The third-order valence-corrected chi connectivity index (χ3v) is 2.04. The Kier molecular flexibility index (Phi) is 1.70. The molecule has 2 heterocycles. The second-order valence-corrected chi connectivity index (χ2v) is 2.85. The molecular weight excluding hydrogens is 192 g/mol. The second-order valence-electron chi connectivity index (χ2n) is 2.51. The Bertz CT molecular complexity index is 478. The first-order valence-electron chi connectivity index (χ1n) is 3.55. The number of nitrogens with zero attached hydrogens (tertiary/aromatic N) is 2. The van der Waals surface area contributed by atoms with E-state index in [-0.39, 0.29) is 10.8 Å². The van der Waals surface area contributed by atoms with Crippen LogP contribution in [0.2, 0.25) is 5.28 Å². The van der Waals surface area contributed by atoms with Crippen molar-refractivity contribution in [2.75, 3.05) is 0 Å². The van der Waals surface area contributed by atoms with Gasteiger partial charge in [-0.1, -0.05) is 0 Å². The van der Waals surface area contributed by atoms with Gasteiger partial charge in [0.2, 0.25) is 5.28 Å². The molecule has 5 heteroatoms. The van der Waals surface area contributed by atoms with Crippen LogP contribution in [0.3, 0.4) is 0 Å². The van der Waals surface area contributed by atoms with Crippen molar-refractivity contribution >= 4 is 23.1 Å². The molecule has 0 atom stereocenters. The normalized spacial score (nSPS) is 10.5. The first-order valence-corrected chi connectivity index (χ1v) is 3.93. The Morgan fingerprint density at radius 3 is 3.08 bits per heavy atom. The molecule has 0 radical (unpaired) electrons. The molecule has 66 valence electrons. The van der Waals surface area contributed by atoms with Crippen LogP contribution in [-0.2, 0) is 0 Å². The van der Waals surface area contributed by atoms with Gasteiger partial charge in [0.25, 0.3) is 0 Å². The molecule has 13 heavy (non-hydrogen) atoms. The quantitative estimate of drug-likeness (QED) is 0.755. The number of imidazole rings is 1. The fourth-order valence-corrected chi connectivity index (χ4v) is 1.37. The third kappa shape index (κ3) is 1.15. The Labute approximate surface area is 78.4 Å². The molecule has 0 saturated carbocycles. The average Bonchev–Trinajstić information content (AvgIpc) is 2.48. The van der Waals surface area contributed by atoms with Gasteiger partial charge in [-0.05, 0) is 23.7 Å². The van der Waals surface area contributed by atoms with Gasteiger partial charge in [-0.2, -0.15) is 0 Å². The number of fused-ring (bicyclic) bond motifs is 1. The van der Waals surface area contributed by atoms with Crippen LogP contribution < -0.4 is 0 Å². The molecule has 2 aromatic rings. The van der Waals surface area contributed by atoms with Crippen molar-refractivity contribution in [3.63, 3.8) is 0 Å². The summed E-state index contributed by atoms with van der Waals surface area (Å²) < 4.78 is 1.52. The number of hydrogen-bond donors (Lipinski definition) is 1. The van der Waals surface area contributed by atoms with Crippen molar-refractivity contribution in [3.8, 4) is 0 Å². The SMILES string of the molecule is O=C(O)c1cccn2c(Cl)ncc12. The van der Waals surface area contributed by atoms with Crippen molar-refractivity contribution in [2.45, 2.75) is 0 Å². The molecule has 0 unspecified atom stereocenters. The number of carboxylic acids is 1. The van der Waals surface area contributed by atoms with E-state index >= 15 is 0 Å². The van der Waals surface area contributed by atoms with E-state index in [1.165, 1.54) is 16.7 Å². The molecule has 0 saturated heterocycles. The lowest BCUT2D eigenvalue weighted by Gasteiger charge is -1.97. The highest BCUT2D eigenvalue weighted by Crippen LogP contribution is 2.15. The zero-order chi connectivity index (χ0) is 9.42. The van der Waals surface area contributed by atoms with Crippen molar-refractivity contribution in [1.82, 2.24) is 9.38 Å². The fraction of sp³-hybridized carbons (Fsp3) is 0. The molecule has 0 fully saturated rings. The summed E-state index contributed by atoms with van der Waals surface area (Å²) in [6.45, 7) is 0. The summed E-state index contributed by atoms with van der Waals surface area (Å²) in [4.78, 5) is 14.5. The maximum Gasteiger partial charge on any atom is 0.337 e. The molecule has 4 nitrogen and oxygen atoms in total. The van der Waals surface area contributed by atoms with Gasteiger partial charge in [0.1, 0.15) is 0 Å². The molecule has 0 aliphatic carbocycles. The van der Waals surface area contributed by atoms with Crippen LogP contribution in [0.4, 0.5) is 0 Å². The van der Waals surface area contributed by atoms with E-state index in [9.17, 15) is 4.79 Å². The van der Waals surface area contributed by atoms with Crippen molar-refractivity contribution in [3.05, 3.63) is 35.4 Å². The van der Waals surface area contributed by atoms with Crippen LogP contribution in [0.1, 0.15) is 10.4 Å². The molecule has 0 bridgehead atoms. The maximum absolute atomic E-state index is 10.7. The zero-order valence-corrected chi connectivity index (χ0v) is 7.19. The van der Waals surface area contributed by atoms with Gasteiger partial charge in [-0.15, -0.1) is 0 Å². The van der Waals surface area contributed by atoms with E-state index < -0.39 is 5.97 Å². The highest BCUT2D eigenvalue weighted by Gasteiger charge is 2.10. The number of aromatic carboxylic acids is 1. The lowest BCUT2D eigenvalue weighted by atomic mass is 10.2. The van der Waals surface area contributed by atoms with Crippen molar-refractivity contribution in [2.24, 2.45) is 0 Å². The first kappa shape index (κ1) is 8.07. The molecule has 1 N–H and O–H groups in total. The summed E-state index contributed by atoms with van der Waals surface area (Å²) >= 11 is 5.71. The van der Waals surface area contributed by atoms with E-state index in [0.717, 1.165) is 0 Å². The molecule has 0 spiro atoms. The van der Waals surface area contributed by atoms with Crippen molar-refractivity contribution in [1.29, 1.82) is 0 Å². The van der Waals surface area contributed by atoms with Gasteiger partial charge in [0, 0.05) is 6.20 Å². The topological polar surface area (TPSA) is 54.6 Å². The number of hydrogen-bond acceptors (Lipinski definition) is 2. The molecule has 0 aliphatic rings. The van der Waals surface area contributed by atoms with Crippen LogP contribution >= 0.6 is 11.6 Å². The van der Waals surface area contributed by atoms with Crippen LogP contribution in [-0.4, -0.2) is 20.5 Å². The van der Waals surface area contributed by atoms with E-state index in [1.54, 1.807) is 12.3 Å². The molecule has 2 aromatic heterocycles. The Hall–Kier alpha value is -1.55. The van der Waals surface area contributed by atoms with Crippen molar-refractivity contribution < 1.29 is 9.90 Å². The summed E-state index contributed by atoms with van der Waals surface area (Å²) in [7, 11) is 0. The summed E-state index contributed by atoms with van der Waals surface area (Å²) in [5, 5.41) is 9.07. The summed E-state index contributed by atoms with van der Waals surface area (Å²) in [5.41, 5.74) is 0.696. The van der Waals surface area contributed by atoms with Crippen LogP contribution in [0.25, 0.3) is 5.52 Å². The van der Waals surface area contributed by atoms with Gasteiger partial charge in [0.15, 0.2) is 0 Å². The Balaban J connectivity index is 2.84. The van der Waals surface area contributed by atoms with Gasteiger partial charge in [-0.3, -0.25) is 4.40 Å². The van der Waals surface area contributed by atoms with Crippen LogP contribution in [0.15, 0.2) is 24.5 Å². The van der Waals surface area contributed by atoms with E-state index in [2.05, 4.69) is 4.98 Å². The van der Waals surface area contributed by atoms with Gasteiger partial charge in [-0.25, -0.2) is 9.78 Å². The minimum Gasteiger partial charge on any atom is -0.478 e. The Morgan fingerprint density at radius 1 is 1.62 bits per heavy atom. The molecule has 0 aliphatic heterocycles. The minimum absolute atomic E-state index is 0.196. The molecular formula is C8H5ClN2O2. The number of pyridine rings is 1. The minimum atomic E-state index is -0.984. The van der Waals surface area contributed by atoms with E-state index in [1.807, 2.05) is 0 Å². The highest BCUT2D eigenvalue weighted by molar-refractivity contribution is 6.28. The smallest absolute Gasteiger partial charge is 0.337 e. The van der Waals surface area contributed by atoms with Gasteiger partial charge < -0.3 is 5.11 Å². The maximum atomic E-state index is 10.7. The highest BCUT2D eigenvalue weighted by atomic mass is 35.5. The van der Waals surface area contributed by atoms with Gasteiger partial charge >= 0.3 is 5.97 Å². The van der Waals surface area contributed by atoms with E-state index in [4.69, 9.17) is 16.7 Å². The summed E-state index contributed by atoms with van der Waals surface area (Å²) in [6, 6.07) is 3.12. The lowest BCUT2D eigenvalue weighted by Crippen LogP contribution is -1.99. The molecule has 0 amide bonds. The monoisotopic (exact) mass is 196 g/mol. The number of halogens is 1. The average molecular weight is 197 g/mol. The number of carbonyl (C=O) groups is 1. The molecule has 2 rings (SSSR count).